The van der Waals surface area contributed by atoms with E-state index in [2.05, 4.69) is 28.5 Å². The van der Waals surface area contributed by atoms with E-state index in [1.165, 1.54) is 11.1 Å². The third kappa shape index (κ3) is 3.28. The van der Waals surface area contributed by atoms with Gasteiger partial charge in [0.1, 0.15) is 5.52 Å². The van der Waals surface area contributed by atoms with Gasteiger partial charge in [-0.25, -0.2) is 4.98 Å². The molecule has 0 radical (unpaired) electrons. The molecule has 0 spiro atoms. The van der Waals surface area contributed by atoms with Crippen LogP contribution in [0.25, 0.3) is 16.7 Å². The van der Waals surface area contributed by atoms with E-state index in [1.807, 2.05) is 40.9 Å². The zero-order chi connectivity index (χ0) is 20.5. The number of hydrogen-bond acceptors (Lipinski definition) is 3. The van der Waals surface area contributed by atoms with Gasteiger partial charge in [-0.3, -0.25) is 14.2 Å². The molecule has 3 heterocycles. The van der Waals surface area contributed by atoms with Crippen LogP contribution < -0.4 is 10.9 Å². The van der Waals surface area contributed by atoms with Crippen LogP contribution in [0.5, 0.6) is 0 Å². The van der Waals surface area contributed by atoms with Crippen LogP contribution in [0.15, 0.2) is 65.7 Å². The minimum Gasteiger partial charge on any atom is -0.349 e. The van der Waals surface area contributed by atoms with Gasteiger partial charge in [-0.05, 0) is 61.1 Å². The van der Waals surface area contributed by atoms with Gasteiger partial charge in [-0.2, -0.15) is 0 Å². The molecule has 1 unspecified atom stereocenters. The zero-order valence-corrected chi connectivity index (χ0v) is 16.8. The number of pyridine rings is 1. The van der Waals surface area contributed by atoms with Gasteiger partial charge in [-0.1, -0.05) is 24.3 Å². The number of benzene rings is 1. The third-order valence-electron chi connectivity index (χ3n) is 5.98. The lowest BCUT2D eigenvalue weighted by molar-refractivity contribution is -0.122. The van der Waals surface area contributed by atoms with Gasteiger partial charge < -0.3 is 9.72 Å². The molecule has 0 bridgehead atoms. The molecule has 1 atom stereocenters. The number of carbonyl (C=O) groups excluding carboxylic acids is 1. The minimum absolute atomic E-state index is 0.0331. The maximum Gasteiger partial charge on any atom is 0.276 e. The van der Waals surface area contributed by atoms with Crippen LogP contribution in [0.4, 0.5) is 0 Å². The van der Waals surface area contributed by atoms with Crippen molar-refractivity contribution in [1.29, 1.82) is 0 Å². The van der Waals surface area contributed by atoms with Crippen molar-refractivity contribution in [2.75, 3.05) is 0 Å². The van der Waals surface area contributed by atoms with Gasteiger partial charge in [0.2, 0.25) is 5.91 Å². The quantitative estimate of drug-likeness (QED) is 0.556. The Labute approximate surface area is 174 Å². The second-order valence-corrected chi connectivity index (χ2v) is 7.88. The van der Waals surface area contributed by atoms with Crippen LogP contribution in [0.1, 0.15) is 42.9 Å². The molecular weight excluding hydrogens is 376 g/mol. The van der Waals surface area contributed by atoms with Crippen LogP contribution >= 0.6 is 0 Å². The lowest BCUT2D eigenvalue weighted by atomic mass is 9.87. The van der Waals surface area contributed by atoms with E-state index < -0.39 is 0 Å². The monoisotopic (exact) mass is 400 g/mol. The van der Waals surface area contributed by atoms with Crippen molar-refractivity contribution in [3.63, 3.8) is 0 Å². The van der Waals surface area contributed by atoms with Gasteiger partial charge in [0.15, 0.2) is 5.65 Å². The molecule has 0 saturated carbocycles. The maximum absolute atomic E-state index is 12.9. The zero-order valence-electron chi connectivity index (χ0n) is 16.8. The lowest BCUT2D eigenvalue weighted by Crippen LogP contribution is -2.31. The molecule has 1 N–H and O–H groups in total. The number of aromatic nitrogens is 3. The van der Waals surface area contributed by atoms with Crippen molar-refractivity contribution in [3.8, 4) is 0 Å². The second kappa shape index (κ2) is 7.78. The smallest absolute Gasteiger partial charge is 0.276 e. The molecule has 152 valence electrons. The number of fused-ring (bicyclic) bond motifs is 4. The highest BCUT2D eigenvalue weighted by Gasteiger charge is 2.21. The van der Waals surface area contributed by atoms with Crippen LogP contribution in [-0.4, -0.2) is 19.9 Å². The minimum atomic E-state index is -0.0761. The highest BCUT2D eigenvalue weighted by Crippen LogP contribution is 2.29. The lowest BCUT2D eigenvalue weighted by Gasteiger charge is -2.26. The summed E-state index contributed by atoms with van der Waals surface area (Å²) in [4.78, 5) is 30.0. The summed E-state index contributed by atoms with van der Waals surface area (Å²) in [5.41, 5.74) is 4.65. The van der Waals surface area contributed by atoms with Crippen molar-refractivity contribution in [2.24, 2.45) is 0 Å². The van der Waals surface area contributed by atoms with Crippen LogP contribution in [-0.2, 0) is 17.8 Å². The number of nitrogens with zero attached hydrogens (tertiary/aromatic N) is 3. The van der Waals surface area contributed by atoms with E-state index in [4.69, 9.17) is 0 Å². The summed E-state index contributed by atoms with van der Waals surface area (Å²) in [6.07, 6.45) is 7.68. The molecular formula is C24H24N4O2. The van der Waals surface area contributed by atoms with E-state index in [9.17, 15) is 9.59 Å². The average Bonchev–Trinajstić information content (AvgIpc) is 3.27. The predicted octanol–water partition coefficient (Wildman–Crippen LogP) is 3.62. The molecule has 1 amide bonds. The molecule has 5 rings (SSSR count). The normalized spacial score (nSPS) is 15.9. The van der Waals surface area contributed by atoms with E-state index >= 15 is 0 Å². The maximum atomic E-state index is 12.9. The van der Waals surface area contributed by atoms with Crippen LogP contribution in [0, 0.1) is 0 Å². The number of aryl methyl sites for hydroxylation is 2. The highest BCUT2D eigenvalue weighted by molar-refractivity contribution is 5.77. The topological polar surface area (TPSA) is 68.4 Å². The number of hydrogen-bond donors (Lipinski definition) is 1. The average molecular weight is 400 g/mol. The molecule has 1 aliphatic rings. The fraction of sp³-hybridized carbons (Fsp3) is 0.292. The van der Waals surface area contributed by atoms with Crippen molar-refractivity contribution < 1.29 is 4.79 Å². The Hall–Kier alpha value is -3.41. The van der Waals surface area contributed by atoms with Gasteiger partial charge in [0, 0.05) is 25.4 Å². The molecule has 0 fully saturated rings. The standard InChI is InChI=1S/C24H24N4O2/c29-22(26-19-10-3-8-17-7-1-2-9-18(17)19)13-6-16-28-23-20(11-4-14-25-23)27-15-5-12-21(27)24(28)30/h1-2,4-5,7,9,11-12,14-15,19H,3,6,8,10,13,16H2,(H,26,29). The number of nitrogens with one attached hydrogen (secondary N) is 1. The van der Waals surface area contributed by atoms with E-state index in [-0.39, 0.29) is 17.5 Å². The van der Waals surface area contributed by atoms with Crippen molar-refractivity contribution >= 4 is 22.6 Å². The predicted molar refractivity (Wildman–Crippen MR) is 116 cm³/mol. The van der Waals surface area contributed by atoms with Gasteiger partial charge in [-0.15, -0.1) is 0 Å². The van der Waals surface area contributed by atoms with Crippen molar-refractivity contribution in [1.82, 2.24) is 19.3 Å². The van der Waals surface area contributed by atoms with Crippen LogP contribution in [0.2, 0.25) is 0 Å². The number of carbonyl (C=O) groups is 1. The summed E-state index contributed by atoms with van der Waals surface area (Å²) in [5, 5.41) is 3.19. The first-order chi connectivity index (χ1) is 14.7. The Balaban J connectivity index is 1.30. The first-order valence-electron chi connectivity index (χ1n) is 10.5. The molecule has 1 aliphatic carbocycles. The molecule has 4 aromatic rings. The highest BCUT2D eigenvalue weighted by atomic mass is 16.1. The van der Waals surface area contributed by atoms with E-state index in [1.54, 1.807) is 10.8 Å². The molecule has 0 aliphatic heterocycles. The van der Waals surface area contributed by atoms with Gasteiger partial charge in [0.25, 0.3) is 5.56 Å². The first-order valence-corrected chi connectivity index (χ1v) is 10.5. The first kappa shape index (κ1) is 18.6. The molecule has 30 heavy (non-hydrogen) atoms. The summed E-state index contributed by atoms with van der Waals surface area (Å²) in [5.74, 6) is 0.0331. The third-order valence-corrected chi connectivity index (χ3v) is 5.98. The molecule has 3 aromatic heterocycles. The fourth-order valence-corrected chi connectivity index (χ4v) is 4.56. The Morgan fingerprint density at radius 1 is 1.10 bits per heavy atom. The Bertz CT molecular complexity index is 1290. The Morgan fingerprint density at radius 2 is 1.97 bits per heavy atom. The second-order valence-electron chi connectivity index (χ2n) is 7.88. The van der Waals surface area contributed by atoms with Gasteiger partial charge in [0.05, 0.1) is 11.6 Å². The summed E-state index contributed by atoms with van der Waals surface area (Å²) in [7, 11) is 0. The molecule has 6 nitrogen and oxygen atoms in total. The van der Waals surface area contributed by atoms with Gasteiger partial charge >= 0.3 is 0 Å². The SMILES string of the molecule is O=C(CCCn1c(=O)c2cccn2c2cccnc21)NC1CCCc2ccccc21. The van der Waals surface area contributed by atoms with Crippen molar-refractivity contribution in [2.45, 2.75) is 44.7 Å². The Morgan fingerprint density at radius 3 is 2.90 bits per heavy atom. The molecule has 6 heteroatoms. The summed E-state index contributed by atoms with van der Waals surface area (Å²) >= 11 is 0. The molecule has 0 saturated heterocycles. The van der Waals surface area contributed by atoms with Crippen molar-refractivity contribution in [3.05, 3.63) is 82.4 Å². The van der Waals surface area contributed by atoms with E-state index in [0.29, 0.717) is 30.6 Å². The van der Waals surface area contributed by atoms with Crippen LogP contribution in [0.3, 0.4) is 0 Å². The summed E-state index contributed by atoms with van der Waals surface area (Å²) in [6, 6.07) is 15.9. The summed E-state index contributed by atoms with van der Waals surface area (Å²) < 4.78 is 3.56. The van der Waals surface area contributed by atoms with E-state index in [0.717, 1.165) is 24.8 Å². The Kier molecular flexibility index (Phi) is 4.83. The largest absolute Gasteiger partial charge is 0.349 e. The number of rotatable bonds is 5. The fourth-order valence-electron chi connectivity index (χ4n) is 4.56. The molecule has 1 aromatic carbocycles. The number of amides is 1. The summed E-state index contributed by atoms with van der Waals surface area (Å²) in [6.45, 7) is 0.461.